The molecule has 0 unspecified atom stereocenters. The molecule has 0 aromatic carbocycles. The highest BCUT2D eigenvalue weighted by molar-refractivity contribution is 9.10. The van der Waals surface area contributed by atoms with Gasteiger partial charge in [0.2, 0.25) is 0 Å². The van der Waals surface area contributed by atoms with Crippen LogP contribution in [0.5, 0.6) is 0 Å². The molecule has 5 nitrogen and oxygen atoms in total. The minimum Gasteiger partial charge on any atom is -0.444 e. The van der Waals surface area contributed by atoms with Gasteiger partial charge < -0.3 is 15.0 Å². The average molecular weight is 374 g/mol. The van der Waals surface area contributed by atoms with Crippen LogP contribution in [0.3, 0.4) is 0 Å². The van der Waals surface area contributed by atoms with Crippen molar-refractivity contribution in [2.75, 3.05) is 18.4 Å². The number of likely N-dealkylation sites (tertiary alicyclic amines) is 1. The fraction of sp³-hybridized carbons (Fsp3) is 0.600. The smallest absolute Gasteiger partial charge is 0.410 e. The molecule has 1 aliphatic heterocycles. The van der Waals surface area contributed by atoms with Gasteiger partial charge in [-0.1, -0.05) is 0 Å². The highest BCUT2D eigenvalue weighted by Gasteiger charge is 2.33. The average Bonchev–Trinajstić information content (AvgIpc) is 2.39. The van der Waals surface area contributed by atoms with Crippen LogP contribution in [0.4, 0.5) is 14.9 Å². The van der Waals surface area contributed by atoms with Gasteiger partial charge in [0.25, 0.3) is 0 Å². The van der Waals surface area contributed by atoms with Gasteiger partial charge in [0.05, 0.1) is 24.5 Å². The summed E-state index contributed by atoms with van der Waals surface area (Å²) in [6, 6.07) is 1.51. The van der Waals surface area contributed by atoms with Crippen LogP contribution in [0.15, 0.2) is 22.9 Å². The summed E-state index contributed by atoms with van der Waals surface area (Å²) < 4.78 is 20.4. The zero-order chi connectivity index (χ0) is 16.3. The van der Waals surface area contributed by atoms with E-state index in [1.54, 1.807) is 33.2 Å². The van der Waals surface area contributed by atoms with E-state index >= 15 is 0 Å². The lowest BCUT2D eigenvalue weighted by Crippen LogP contribution is -2.51. The van der Waals surface area contributed by atoms with Crippen LogP contribution in [-0.4, -0.2) is 46.9 Å². The molecule has 1 fully saturated rings. The van der Waals surface area contributed by atoms with Crippen LogP contribution in [-0.2, 0) is 4.74 Å². The Balaban J connectivity index is 1.91. The van der Waals surface area contributed by atoms with Crippen molar-refractivity contribution >= 4 is 27.7 Å². The first-order valence-electron chi connectivity index (χ1n) is 7.24. The maximum atomic E-state index is 14.3. The van der Waals surface area contributed by atoms with Crippen molar-refractivity contribution in [3.63, 3.8) is 0 Å². The lowest BCUT2D eigenvalue weighted by molar-refractivity contribution is 0.0125. The molecule has 22 heavy (non-hydrogen) atoms. The number of aromatic nitrogens is 1. The van der Waals surface area contributed by atoms with Crippen molar-refractivity contribution in [1.82, 2.24) is 9.88 Å². The predicted molar refractivity (Wildman–Crippen MR) is 86.7 cm³/mol. The van der Waals surface area contributed by atoms with Crippen molar-refractivity contribution in [3.8, 4) is 0 Å². The lowest BCUT2D eigenvalue weighted by atomic mass is 10.0. The summed E-state index contributed by atoms with van der Waals surface area (Å²) in [5, 5.41) is 3.13. The zero-order valence-corrected chi connectivity index (χ0v) is 14.6. The van der Waals surface area contributed by atoms with Crippen molar-refractivity contribution in [3.05, 3.63) is 22.9 Å². The van der Waals surface area contributed by atoms with Crippen LogP contribution in [0.2, 0.25) is 0 Å². The maximum Gasteiger partial charge on any atom is 0.410 e. The van der Waals surface area contributed by atoms with Crippen molar-refractivity contribution in [1.29, 1.82) is 0 Å². The van der Waals surface area contributed by atoms with Gasteiger partial charge in [-0.25, -0.2) is 9.18 Å². The standard InChI is InChI=1S/C15H21BrFN3O2/c1-15(2,3)22-14(21)20-5-4-13(12(17)9-20)19-11-6-10(16)7-18-8-11/h6-8,12-13,19H,4-5,9H2,1-3H3/t12-,13+/m1/s1. The molecule has 0 radical (unpaired) electrons. The third-order valence-electron chi connectivity index (χ3n) is 3.25. The molecule has 1 amide bonds. The highest BCUT2D eigenvalue weighted by atomic mass is 79.9. The second-order valence-electron chi connectivity index (χ2n) is 6.37. The van der Waals surface area contributed by atoms with Gasteiger partial charge in [0.1, 0.15) is 11.8 Å². The van der Waals surface area contributed by atoms with E-state index in [2.05, 4.69) is 26.2 Å². The van der Waals surface area contributed by atoms with Crippen LogP contribution in [0.25, 0.3) is 0 Å². The number of rotatable bonds is 2. The van der Waals surface area contributed by atoms with Gasteiger partial charge in [0, 0.05) is 17.2 Å². The Morgan fingerprint density at radius 1 is 1.50 bits per heavy atom. The number of nitrogens with one attached hydrogen (secondary N) is 1. The lowest BCUT2D eigenvalue weighted by Gasteiger charge is -2.36. The normalized spacial score (nSPS) is 22.3. The van der Waals surface area contributed by atoms with Crippen molar-refractivity contribution < 1.29 is 13.9 Å². The van der Waals surface area contributed by atoms with Crippen LogP contribution in [0, 0.1) is 0 Å². The Morgan fingerprint density at radius 3 is 2.82 bits per heavy atom. The fourth-order valence-electron chi connectivity index (χ4n) is 2.26. The molecular formula is C15H21BrFN3O2. The van der Waals surface area contributed by atoms with Crippen LogP contribution >= 0.6 is 15.9 Å². The quantitative estimate of drug-likeness (QED) is 0.860. The second-order valence-corrected chi connectivity index (χ2v) is 7.29. The van der Waals surface area contributed by atoms with Crippen molar-refractivity contribution in [2.24, 2.45) is 0 Å². The molecule has 0 bridgehead atoms. The van der Waals surface area contributed by atoms with E-state index in [-0.39, 0.29) is 12.6 Å². The minimum absolute atomic E-state index is 0.0357. The number of ether oxygens (including phenoxy) is 1. The fourth-order valence-corrected chi connectivity index (χ4v) is 2.63. The number of nitrogens with zero attached hydrogens (tertiary/aromatic N) is 2. The molecule has 0 aliphatic carbocycles. The molecule has 2 heterocycles. The summed E-state index contributed by atoms with van der Waals surface area (Å²) in [5.74, 6) is 0. The molecule has 1 aromatic heterocycles. The number of piperidine rings is 1. The van der Waals surface area contributed by atoms with E-state index in [1.165, 1.54) is 4.90 Å². The first-order valence-corrected chi connectivity index (χ1v) is 8.03. The first-order chi connectivity index (χ1) is 10.2. The number of carbonyl (C=O) groups is 1. The molecule has 2 rings (SSSR count). The SMILES string of the molecule is CC(C)(C)OC(=O)N1CC[C@H](Nc2cncc(Br)c2)[C@H](F)C1. The van der Waals surface area contributed by atoms with Crippen LogP contribution in [0.1, 0.15) is 27.2 Å². The molecule has 122 valence electrons. The van der Waals surface area contributed by atoms with E-state index in [1.807, 2.05) is 6.07 Å². The Labute approximate surface area is 138 Å². The van der Waals surface area contributed by atoms with E-state index in [0.717, 1.165) is 10.2 Å². The predicted octanol–water partition coefficient (Wildman–Crippen LogP) is 3.60. The number of hydrogen-bond donors (Lipinski definition) is 1. The first kappa shape index (κ1) is 17.0. The molecular weight excluding hydrogens is 353 g/mol. The summed E-state index contributed by atoms with van der Waals surface area (Å²) in [6.45, 7) is 5.90. The Morgan fingerprint density at radius 2 is 2.23 bits per heavy atom. The second kappa shape index (κ2) is 6.81. The maximum absolute atomic E-state index is 14.3. The molecule has 1 aliphatic rings. The van der Waals surface area contributed by atoms with E-state index in [9.17, 15) is 9.18 Å². The number of carbonyl (C=O) groups excluding carboxylic acids is 1. The third kappa shape index (κ3) is 4.83. The minimum atomic E-state index is -1.15. The summed E-state index contributed by atoms with van der Waals surface area (Å²) >= 11 is 3.33. The van der Waals surface area contributed by atoms with Crippen molar-refractivity contribution in [2.45, 2.75) is 45.0 Å². The highest BCUT2D eigenvalue weighted by Crippen LogP contribution is 2.22. The van der Waals surface area contributed by atoms with Gasteiger partial charge in [-0.15, -0.1) is 0 Å². The van der Waals surface area contributed by atoms with E-state index in [4.69, 9.17) is 4.74 Å². The Hall–Kier alpha value is -1.37. The molecule has 2 atom stereocenters. The number of anilines is 1. The molecule has 1 aromatic rings. The number of alkyl halides is 1. The van der Waals surface area contributed by atoms with Gasteiger partial charge in [-0.2, -0.15) is 0 Å². The van der Waals surface area contributed by atoms with Crippen LogP contribution < -0.4 is 5.32 Å². The number of hydrogen-bond acceptors (Lipinski definition) is 4. The molecule has 1 N–H and O–H groups in total. The monoisotopic (exact) mass is 373 g/mol. The van der Waals surface area contributed by atoms with Gasteiger partial charge in [-0.3, -0.25) is 4.98 Å². The Bertz CT molecular complexity index is 536. The largest absolute Gasteiger partial charge is 0.444 e. The van der Waals surface area contributed by atoms with E-state index in [0.29, 0.717) is 13.0 Å². The van der Waals surface area contributed by atoms with Gasteiger partial charge in [-0.05, 0) is 49.2 Å². The Kier molecular flexibility index (Phi) is 5.26. The summed E-state index contributed by atoms with van der Waals surface area (Å²) in [6.07, 6.45) is 2.23. The summed E-state index contributed by atoms with van der Waals surface area (Å²) in [7, 11) is 0. The summed E-state index contributed by atoms with van der Waals surface area (Å²) in [4.78, 5) is 17.4. The van der Waals surface area contributed by atoms with E-state index < -0.39 is 17.9 Å². The molecule has 0 spiro atoms. The molecule has 7 heteroatoms. The molecule has 1 saturated heterocycles. The number of pyridine rings is 1. The van der Waals surface area contributed by atoms with Gasteiger partial charge in [0.15, 0.2) is 0 Å². The molecule has 0 saturated carbocycles. The number of halogens is 2. The topological polar surface area (TPSA) is 54.5 Å². The number of amides is 1. The zero-order valence-electron chi connectivity index (χ0n) is 13.0. The van der Waals surface area contributed by atoms with Gasteiger partial charge >= 0.3 is 6.09 Å². The summed E-state index contributed by atoms with van der Waals surface area (Å²) in [5.41, 5.74) is 0.188. The third-order valence-corrected chi connectivity index (χ3v) is 3.68.